The number of rotatable bonds is 6. The third-order valence-corrected chi connectivity index (χ3v) is 6.03. The Kier molecular flexibility index (Phi) is 5.65. The fourth-order valence-electron chi connectivity index (χ4n) is 2.35. The smallest absolute Gasteiger partial charge is 0.262 e. The molecule has 0 unspecified atom stereocenters. The van der Waals surface area contributed by atoms with Crippen LogP contribution in [0.15, 0.2) is 11.0 Å². The van der Waals surface area contributed by atoms with E-state index in [0.717, 1.165) is 24.2 Å². The number of nitrogens with one attached hydrogen (secondary N) is 1. The predicted octanol–water partition coefficient (Wildman–Crippen LogP) is 2.67. The van der Waals surface area contributed by atoms with Crippen molar-refractivity contribution < 1.29 is 17.9 Å². The zero-order valence-electron chi connectivity index (χ0n) is 11.7. The summed E-state index contributed by atoms with van der Waals surface area (Å²) >= 11 is 1.12. The molecule has 1 N–H and O–H groups in total. The SMILES string of the molecule is Cc1sc(C(=O)NCCOC2CCCC2)cc1S(=O)(=O)Cl. The monoisotopic (exact) mass is 351 g/mol. The number of halogens is 1. The van der Waals surface area contributed by atoms with Crippen LogP contribution in [0.2, 0.25) is 0 Å². The Morgan fingerprint density at radius 3 is 2.71 bits per heavy atom. The largest absolute Gasteiger partial charge is 0.376 e. The second kappa shape index (κ2) is 7.09. The Balaban J connectivity index is 1.83. The number of carbonyl (C=O) groups is 1. The molecule has 0 bridgehead atoms. The average molecular weight is 352 g/mol. The first kappa shape index (κ1) is 16.7. The minimum atomic E-state index is -3.80. The number of aryl methyl sites for hydroxylation is 1. The Morgan fingerprint density at radius 2 is 2.14 bits per heavy atom. The molecule has 1 amide bonds. The normalized spacial score (nSPS) is 16.3. The molecule has 1 heterocycles. The van der Waals surface area contributed by atoms with Crippen molar-refractivity contribution in [2.24, 2.45) is 0 Å². The Bertz CT molecular complexity index is 606. The summed E-state index contributed by atoms with van der Waals surface area (Å²) in [6.45, 7) is 2.51. The van der Waals surface area contributed by atoms with E-state index < -0.39 is 9.05 Å². The summed E-state index contributed by atoms with van der Waals surface area (Å²) in [5.74, 6) is -0.301. The molecule has 5 nitrogen and oxygen atoms in total. The van der Waals surface area contributed by atoms with Gasteiger partial charge in [-0.1, -0.05) is 12.8 Å². The fourth-order valence-corrected chi connectivity index (χ4v) is 4.93. The van der Waals surface area contributed by atoms with Gasteiger partial charge in [0.15, 0.2) is 0 Å². The number of ether oxygens (including phenoxy) is 1. The van der Waals surface area contributed by atoms with Gasteiger partial charge in [-0.15, -0.1) is 11.3 Å². The van der Waals surface area contributed by atoms with Crippen molar-refractivity contribution in [3.05, 3.63) is 15.8 Å². The van der Waals surface area contributed by atoms with Gasteiger partial charge in [-0.2, -0.15) is 0 Å². The van der Waals surface area contributed by atoms with E-state index in [1.165, 1.54) is 18.9 Å². The number of carbonyl (C=O) groups excluding carboxylic acids is 1. The Hall–Kier alpha value is -0.630. The van der Waals surface area contributed by atoms with Crippen LogP contribution in [-0.4, -0.2) is 33.6 Å². The summed E-state index contributed by atoms with van der Waals surface area (Å²) in [4.78, 5) is 12.8. The lowest BCUT2D eigenvalue weighted by Gasteiger charge is -2.11. The molecule has 1 aromatic rings. The molecule has 0 spiro atoms. The van der Waals surface area contributed by atoms with Gasteiger partial charge in [0.05, 0.1) is 22.5 Å². The average Bonchev–Trinajstić information content (AvgIpc) is 3.02. The molecule has 1 aromatic heterocycles. The first-order valence-electron chi connectivity index (χ1n) is 6.83. The number of amides is 1. The van der Waals surface area contributed by atoms with E-state index in [1.807, 2.05) is 0 Å². The maximum atomic E-state index is 11.9. The van der Waals surface area contributed by atoms with Gasteiger partial charge in [0.25, 0.3) is 15.0 Å². The molecule has 1 saturated carbocycles. The molecule has 118 valence electrons. The van der Waals surface area contributed by atoms with Crippen molar-refractivity contribution >= 4 is 37.0 Å². The van der Waals surface area contributed by atoms with Crippen LogP contribution in [0.25, 0.3) is 0 Å². The van der Waals surface area contributed by atoms with Crippen molar-refractivity contribution in [3.63, 3.8) is 0 Å². The van der Waals surface area contributed by atoms with Gasteiger partial charge < -0.3 is 10.1 Å². The van der Waals surface area contributed by atoms with Gasteiger partial charge in [0.1, 0.15) is 0 Å². The number of hydrogen-bond donors (Lipinski definition) is 1. The van der Waals surface area contributed by atoms with E-state index in [0.29, 0.717) is 29.0 Å². The molecule has 0 aliphatic heterocycles. The lowest BCUT2D eigenvalue weighted by Crippen LogP contribution is -2.27. The predicted molar refractivity (Wildman–Crippen MR) is 82.6 cm³/mol. The lowest BCUT2D eigenvalue weighted by atomic mass is 10.3. The maximum Gasteiger partial charge on any atom is 0.262 e. The van der Waals surface area contributed by atoms with Crippen molar-refractivity contribution in [2.45, 2.75) is 43.6 Å². The Labute approximate surface area is 133 Å². The highest BCUT2D eigenvalue weighted by atomic mass is 35.7. The Morgan fingerprint density at radius 1 is 1.48 bits per heavy atom. The zero-order chi connectivity index (χ0) is 15.5. The molecule has 0 atom stereocenters. The van der Waals surface area contributed by atoms with E-state index in [9.17, 15) is 13.2 Å². The molecule has 1 aliphatic rings. The van der Waals surface area contributed by atoms with E-state index >= 15 is 0 Å². The molecule has 0 saturated heterocycles. The van der Waals surface area contributed by atoms with E-state index in [1.54, 1.807) is 6.92 Å². The zero-order valence-corrected chi connectivity index (χ0v) is 14.1. The van der Waals surface area contributed by atoms with E-state index in [2.05, 4.69) is 5.32 Å². The van der Waals surface area contributed by atoms with Crippen LogP contribution in [0.4, 0.5) is 0 Å². The van der Waals surface area contributed by atoms with Gasteiger partial charge >= 0.3 is 0 Å². The van der Waals surface area contributed by atoms with Gasteiger partial charge in [-0.3, -0.25) is 4.79 Å². The van der Waals surface area contributed by atoms with Crippen LogP contribution in [0.1, 0.15) is 40.2 Å². The highest BCUT2D eigenvalue weighted by Gasteiger charge is 2.20. The van der Waals surface area contributed by atoms with Gasteiger partial charge in [-0.25, -0.2) is 8.42 Å². The molecule has 21 heavy (non-hydrogen) atoms. The highest BCUT2D eigenvalue weighted by Crippen LogP contribution is 2.28. The molecule has 2 rings (SSSR count). The highest BCUT2D eigenvalue weighted by molar-refractivity contribution is 8.13. The minimum Gasteiger partial charge on any atom is -0.376 e. The molecule has 1 aliphatic carbocycles. The summed E-state index contributed by atoms with van der Waals surface area (Å²) in [6.07, 6.45) is 4.92. The standard InChI is InChI=1S/C13H18ClNO4S2/c1-9-12(21(14,17)18)8-11(20-9)13(16)15-6-7-19-10-4-2-3-5-10/h8,10H,2-7H2,1H3,(H,15,16). The first-order chi connectivity index (χ1) is 9.88. The van der Waals surface area contributed by atoms with Gasteiger partial charge in [-0.05, 0) is 25.8 Å². The molecular formula is C13H18ClNO4S2. The fraction of sp³-hybridized carbons (Fsp3) is 0.615. The van der Waals surface area contributed by atoms with Gasteiger partial charge in [0.2, 0.25) is 0 Å². The second-order valence-corrected chi connectivity index (χ2v) is 8.79. The maximum absolute atomic E-state index is 11.9. The molecule has 0 radical (unpaired) electrons. The van der Waals surface area contributed by atoms with Gasteiger partial charge in [0, 0.05) is 22.1 Å². The summed E-state index contributed by atoms with van der Waals surface area (Å²) in [5, 5.41) is 2.72. The summed E-state index contributed by atoms with van der Waals surface area (Å²) in [5.41, 5.74) is 0. The summed E-state index contributed by atoms with van der Waals surface area (Å²) in [7, 11) is 1.50. The first-order valence-corrected chi connectivity index (χ1v) is 9.95. The quantitative estimate of drug-likeness (QED) is 0.631. The topological polar surface area (TPSA) is 72.5 Å². The second-order valence-electron chi connectivity index (χ2n) is 5.00. The third kappa shape index (κ3) is 4.67. The number of hydrogen-bond acceptors (Lipinski definition) is 5. The molecule has 1 fully saturated rings. The van der Waals surface area contributed by atoms with Crippen molar-refractivity contribution in [2.75, 3.05) is 13.2 Å². The van der Waals surface area contributed by atoms with Crippen LogP contribution in [0, 0.1) is 6.92 Å². The van der Waals surface area contributed by atoms with Crippen LogP contribution < -0.4 is 5.32 Å². The van der Waals surface area contributed by atoms with Crippen molar-refractivity contribution in [1.29, 1.82) is 0 Å². The molecule has 0 aromatic carbocycles. The minimum absolute atomic E-state index is 0.00141. The molecule has 8 heteroatoms. The summed E-state index contributed by atoms with van der Waals surface area (Å²) in [6, 6.07) is 1.31. The van der Waals surface area contributed by atoms with Crippen LogP contribution >= 0.6 is 22.0 Å². The lowest BCUT2D eigenvalue weighted by molar-refractivity contribution is 0.0582. The van der Waals surface area contributed by atoms with Crippen LogP contribution in [0.3, 0.4) is 0 Å². The van der Waals surface area contributed by atoms with E-state index in [-0.39, 0.29) is 10.8 Å². The van der Waals surface area contributed by atoms with E-state index in [4.69, 9.17) is 15.4 Å². The van der Waals surface area contributed by atoms with Crippen LogP contribution in [-0.2, 0) is 13.8 Å². The van der Waals surface area contributed by atoms with Crippen molar-refractivity contribution in [3.8, 4) is 0 Å². The summed E-state index contributed by atoms with van der Waals surface area (Å²) < 4.78 is 28.3. The van der Waals surface area contributed by atoms with Crippen molar-refractivity contribution in [1.82, 2.24) is 5.32 Å². The third-order valence-electron chi connectivity index (χ3n) is 3.40. The molecular weight excluding hydrogens is 334 g/mol. The van der Waals surface area contributed by atoms with Crippen LogP contribution in [0.5, 0.6) is 0 Å². The number of thiophene rings is 1.